The summed E-state index contributed by atoms with van der Waals surface area (Å²) in [6, 6.07) is 6.73. The summed E-state index contributed by atoms with van der Waals surface area (Å²) in [6.07, 6.45) is 1.23. The summed E-state index contributed by atoms with van der Waals surface area (Å²) < 4.78 is 21.7. The lowest BCUT2D eigenvalue weighted by Crippen LogP contribution is -2.11. The summed E-state index contributed by atoms with van der Waals surface area (Å²) >= 11 is 0. The maximum absolute atomic E-state index is 11.9. The van der Waals surface area contributed by atoms with E-state index in [1.165, 1.54) is 13.0 Å². The van der Waals surface area contributed by atoms with Crippen LogP contribution < -0.4 is 4.52 Å². The van der Waals surface area contributed by atoms with Crippen LogP contribution in [0.5, 0.6) is 5.75 Å². The van der Waals surface area contributed by atoms with Crippen LogP contribution in [0.15, 0.2) is 43.0 Å². The molecule has 5 nitrogen and oxygen atoms in total. The van der Waals surface area contributed by atoms with Crippen LogP contribution in [-0.2, 0) is 14.1 Å². The molecule has 1 rings (SSSR count). The van der Waals surface area contributed by atoms with Gasteiger partial charge in [0.15, 0.2) is 0 Å². The molecule has 0 heterocycles. The molecule has 0 amide bonds. The second kappa shape index (κ2) is 7.08. The standard InChI is InChI=1S/C14H17O5P/c1-4-12-7-5-6-8-13(12)19-20(16,17)10-9-18-14(15)11(2)3/h4-8H,1-2,9-10H2,3H3,(H,16,17). The lowest BCUT2D eigenvalue weighted by molar-refractivity contribution is -0.138. The number of carbonyl (C=O) groups is 1. The van der Waals surface area contributed by atoms with Crippen molar-refractivity contribution in [3.63, 3.8) is 0 Å². The fourth-order valence-corrected chi connectivity index (χ4v) is 2.20. The van der Waals surface area contributed by atoms with E-state index in [1.807, 2.05) is 0 Å². The van der Waals surface area contributed by atoms with E-state index in [-0.39, 0.29) is 24.1 Å². The number of ether oxygens (including phenoxy) is 1. The molecule has 0 fully saturated rings. The largest absolute Gasteiger partial charge is 0.462 e. The molecule has 0 aliphatic carbocycles. The summed E-state index contributed by atoms with van der Waals surface area (Å²) in [4.78, 5) is 20.9. The monoisotopic (exact) mass is 296 g/mol. The molecule has 1 unspecified atom stereocenters. The van der Waals surface area contributed by atoms with Crippen molar-refractivity contribution in [1.82, 2.24) is 0 Å². The zero-order valence-corrected chi connectivity index (χ0v) is 12.1. The van der Waals surface area contributed by atoms with Crippen LogP contribution in [-0.4, -0.2) is 23.6 Å². The van der Waals surface area contributed by atoms with Gasteiger partial charge in [-0.1, -0.05) is 37.4 Å². The van der Waals surface area contributed by atoms with Crippen molar-refractivity contribution >= 4 is 19.6 Å². The highest BCUT2D eigenvalue weighted by Crippen LogP contribution is 2.43. The Kier molecular flexibility index (Phi) is 5.74. The van der Waals surface area contributed by atoms with E-state index < -0.39 is 13.6 Å². The number of hydrogen-bond acceptors (Lipinski definition) is 4. The Balaban J connectivity index is 2.61. The summed E-state index contributed by atoms with van der Waals surface area (Å²) in [5.41, 5.74) is 0.844. The Morgan fingerprint density at radius 1 is 1.45 bits per heavy atom. The quantitative estimate of drug-likeness (QED) is 0.475. The van der Waals surface area contributed by atoms with Gasteiger partial charge >= 0.3 is 13.6 Å². The predicted octanol–water partition coefficient (Wildman–Crippen LogP) is 3.01. The molecule has 0 spiro atoms. The number of hydrogen-bond donors (Lipinski definition) is 1. The van der Waals surface area contributed by atoms with Crippen LogP contribution in [0.1, 0.15) is 12.5 Å². The summed E-state index contributed by atoms with van der Waals surface area (Å²) in [5, 5.41) is 0. The van der Waals surface area contributed by atoms with Gasteiger partial charge in [0.25, 0.3) is 0 Å². The Morgan fingerprint density at radius 3 is 2.70 bits per heavy atom. The number of benzene rings is 1. The molecule has 0 radical (unpaired) electrons. The van der Waals surface area contributed by atoms with E-state index in [9.17, 15) is 14.3 Å². The zero-order chi connectivity index (χ0) is 15.2. The molecule has 6 heteroatoms. The van der Waals surface area contributed by atoms with Crippen LogP contribution in [0, 0.1) is 0 Å². The van der Waals surface area contributed by atoms with Crippen LogP contribution in [0.3, 0.4) is 0 Å². The lowest BCUT2D eigenvalue weighted by atomic mass is 10.2. The highest BCUT2D eigenvalue weighted by Gasteiger charge is 2.22. The number of carbonyl (C=O) groups excluding carboxylic acids is 1. The molecule has 1 atom stereocenters. The zero-order valence-electron chi connectivity index (χ0n) is 11.2. The average Bonchev–Trinajstić information content (AvgIpc) is 2.38. The molecular weight excluding hydrogens is 279 g/mol. The van der Waals surface area contributed by atoms with Crippen LogP contribution in [0.25, 0.3) is 6.08 Å². The van der Waals surface area contributed by atoms with Crippen molar-refractivity contribution in [2.45, 2.75) is 6.92 Å². The fourth-order valence-electron chi connectivity index (χ4n) is 1.31. The second-order valence-corrected chi connectivity index (χ2v) is 6.02. The third-order valence-corrected chi connectivity index (χ3v) is 3.57. The van der Waals surface area contributed by atoms with Crippen molar-refractivity contribution in [2.75, 3.05) is 12.8 Å². The number of para-hydroxylation sites is 1. The van der Waals surface area contributed by atoms with Crippen molar-refractivity contribution in [1.29, 1.82) is 0 Å². The van der Waals surface area contributed by atoms with Crippen molar-refractivity contribution in [3.8, 4) is 5.75 Å². The van der Waals surface area contributed by atoms with Gasteiger partial charge in [-0.2, -0.15) is 0 Å². The fraction of sp³-hybridized carbons (Fsp3) is 0.214. The van der Waals surface area contributed by atoms with E-state index in [2.05, 4.69) is 13.2 Å². The van der Waals surface area contributed by atoms with E-state index >= 15 is 0 Å². The molecule has 108 valence electrons. The first-order valence-corrected chi connectivity index (χ1v) is 7.67. The topological polar surface area (TPSA) is 72.8 Å². The van der Waals surface area contributed by atoms with Crippen LogP contribution in [0.2, 0.25) is 0 Å². The van der Waals surface area contributed by atoms with Gasteiger partial charge in [-0.3, -0.25) is 0 Å². The minimum atomic E-state index is -3.90. The molecule has 1 aromatic carbocycles. The minimum Gasteiger partial charge on any atom is -0.462 e. The predicted molar refractivity (Wildman–Crippen MR) is 77.6 cm³/mol. The lowest BCUT2D eigenvalue weighted by Gasteiger charge is -2.15. The van der Waals surface area contributed by atoms with Gasteiger partial charge in [-0.25, -0.2) is 9.36 Å². The van der Waals surface area contributed by atoms with Gasteiger partial charge in [0.1, 0.15) is 12.4 Å². The SMILES string of the molecule is C=Cc1ccccc1OP(=O)(O)CCOC(=O)C(=C)C. The van der Waals surface area contributed by atoms with Gasteiger partial charge in [-0.05, 0) is 13.0 Å². The molecular formula is C14H17O5P. The molecule has 0 saturated heterocycles. The maximum atomic E-state index is 11.9. The summed E-state index contributed by atoms with van der Waals surface area (Å²) in [7, 11) is -3.90. The highest BCUT2D eigenvalue weighted by molar-refractivity contribution is 7.53. The van der Waals surface area contributed by atoms with Crippen LogP contribution >= 0.6 is 7.60 Å². The van der Waals surface area contributed by atoms with Gasteiger partial charge in [0.2, 0.25) is 0 Å². The average molecular weight is 296 g/mol. The number of esters is 1. The molecule has 0 aromatic heterocycles. The first kappa shape index (κ1) is 16.2. The van der Waals surface area contributed by atoms with E-state index in [0.717, 1.165) is 0 Å². The van der Waals surface area contributed by atoms with Gasteiger partial charge < -0.3 is 14.2 Å². The van der Waals surface area contributed by atoms with Crippen molar-refractivity contribution in [3.05, 3.63) is 48.6 Å². The van der Waals surface area contributed by atoms with Gasteiger partial charge in [0.05, 0.1) is 6.16 Å². The van der Waals surface area contributed by atoms with E-state index in [0.29, 0.717) is 5.56 Å². The summed E-state index contributed by atoms with van der Waals surface area (Å²) in [5.74, 6) is -0.337. The minimum absolute atomic E-state index is 0.213. The summed E-state index contributed by atoms with van der Waals surface area (Å²) in [6.45, 7) is 8.29. The Labute approximate surface area is 118 Å². The van der Waals surface area contributed by atoms with Gasteiger partial charge in [0, 0.05) is 11.1 Å². The third kappa shape index (κ3) is 5.03. The second-order valence-electron chi connectivity index (χ2n) is 4.11. The van der Waals surface area contributed by atoms with Crippen molar-refractivity contribution in [2.24, 2.45) is 0 Å². The van der Waals surface area contributed by atoms with E-state index in [4.69, 9.17) is 9.26 Å². The van der Waals surface area contributed by atoms with E-state index in [1.54, 1.807) is 24.3 Å². The number of rotatable bonds is 7. The molecule has 0 aliphatic rings. The first-order chi connectivity index (χ1) is 9.35. The molecule has 1 aromatic rings. The highest BCUT2D eigenvalue weighted by atomic mass is 31.2. The van der Waals surface area contributed by atoms with Crippen LogP contribution in [0.4, 0.5) is 0 Å². The molecule has 20 heavy (non-hydrogen) atoms. The maximum Gasteiger partial charge on any atom is 0.380 e. The normalized spacial score (nSPS) is 13.1. The Morgan fingerprint density at radius 2 is 2.10 bits per heavy atom. The third-order valence-electron chi connectivity index (χ3n) is 2.34. The van der Waals surface area contributed by atoms with Crippen molar-refractivity contribution < 1.29 is 23.5 Å². The molecule has 0 bridgehead atoms. The smallest absolute Gasteiger partial charge is 0.380 e. The Bertz CT molecular complexity index is 564. The molecule has 0 saturated carbocycles. The molecule has 1 N–H and O–H groups in total. The Hall–Kier alpha value is -1.84. The van der Waals surface area contributed by atoms with Gasteiger partial charge in [-0.15, -0.1) is 0 Å². The molecule has 0 aliphatic heterocycles. The first-order valence-electron chi connectivity index (χ1n) is 5.91.